The number of rotatable bonds is 1. The molecule has 0 radical (unpaired) electrons. The molecule has 1 unspecified atom stereocenters. The summed E-state index contributed by atoms with van der Waals surface area (Å²) in [5.74, 6) is 0. The molecule has 0 saturated heterocycles. The molecule has 1 aromatic rings. The van der Waals surface area contributed by atoms with E-state index in [-0.39, 0.29) is 6.04 Å². The Morgan fingerprint density at radius 1 is 1.12 bits per heavy atom. The number of hydrogen-bond donors (Lipinski definition) is 2. The van der Waals surface area contributed by atoms with Gasteiger partial charge in [-0.25, -0.2) is 0 Å². The molecule has 0 amide bonds. The molecule has 100 valence electrons. The lowest BCUT2D eigenvalue weighted by atomic mass is 10.2. The Balaban J connectivity index is -0.000000190. The van der Waals surface area contributed by atoms with Crippen molar-refractivity contribution in [3.05, 3.63) is 35.4 Å². The average Bonchev–Trinajstić information content (AvgIpc) is 2.34. The number of benzene rings is 1. The standard InChI is InChI=1S/C8H10.C3H7NO.C2H6.CH5N/c1-7-4-3-5-8(2)6-7;1-3(4)2-5;2*1-2/h3-6H,1-2H3;2-3H,4H2,1H3;1-2H3;2H2,1H3. The first-order valence-corrected chi connectivity index (χ1v) is 5.88. The van der Waals surface area contributed by atoms with Gasteiger partial charge in [-0.1, -0.05) is 49.2 Å². The van der Waals surface area contributed by atoms with Gasteiger partial charge in [0.2, 0.25) is 0 Å². The summed E-state index contributed by atoms with van der Waals surface area (Å²) in [4.78, 5) is 9.38. The van der Waals surface area contributed by atoms with Crippen molar-refractivity contribution in [1.82, 2.24) is 0 Å². The molecule has 0 aliphatic heterocycles. The van der Waals surface area contributed by atoms with E-state index < -0.39 is 0 Å². The molecule has 1 rings (SSSR count). The van der Waals surface area contributed by atoms with Gasteiger partial charge in [-0.2, -0.15) is 0 Å². The maximum Gasteiger partial charge on any atom is 0.136 e. The van der Waals surface area contributed by atoms with Crippen LogP contribution in [-0.2, 0) is 4.79 Å². The predicted octanol–water partition coefficient (Wildman–Crippen LogP) is 2.44. The summed E-state index contributed by atoms with van der Waals surface area (Å²) < 4.78 is 0. The van der Waals surface area contributed by atoms with Crippen LogP contribution in [0.5, 0.6) is 0 Å². The second-order valence-corrected chi connectivity index (χ2v) is 3.15. The maximum absolute atomic E-state index is 9.38. The Hall–Kier alpha value is -1.19. The summed E-state index contributed by atoms with van der Waals surface area (Å²) in [6.07, 6.45) is 0.694. The van der Waals surface area contributed by atoms with Gasteiger partial charge in [-0.15, -0.1) is 0 Å². The summed E-state index contributed by atoms with van der Waals surface area (Å²) in [5.41, 5.74) is 12.1. The van der Waals surface area contributed by atoms with E-state index in [1.807, 2.05) is 13.8 Å². The average molecular weight is 240 g/mol. The van der Waals surface area contributed by atoms with Gasteiger partial charge in [-0.05, 0) is 27.8 Å². The fraction of sp³-hybridized carbons (Fsp3) is 0.500. The Morgan fingerprint density at radius 3 is 1.53 bits per heavy atom. The smallest absolute Gasteiger partial charge is 0.136 e. The molecule has 0 fully saturated rings. The van der Waals surface area contributed by atoms with Crippen molar-refractivity contribution in [3.63, 3.8) is 0 Å². The highest BCUT2D eigenvalue weighted by molar-refractivity contribution is 5.55. The lowest BCUT2D eigenvalue weighted by molar-refractivity contribution is -0.108. The minimum absolute atomic E-state index is 0.296. The van der Waals surface area contributed by atoms with Crippen molar-refractivity contribution in [3.8, 4) is 0 Å². The van der Waals surface area contributed by atoms with E-state index in [4.69, 9.17) is 5.73 Å². The van der Waals surface area contributed by atoms with E-state index in [2.05, 4.69) is 43.8 Å². The Morgan fingerprint density at radius 2 is 1.41 bits per heavy atom. The molecule has 3 heteroatoms. The van der Waals surface area contributed by atoms with Gasteiger partial charge in [0.15, 0.2) is 0 Å². The van der Waals surface area contributed by atoms with E-state index >= 15 is 0 Å². The van der Waals surface area contributed by atoms with Crippen molar-refractivity contribution in [2.24, 2.45) is 11.5 Å². The van der Waals surface area contributed by atoms with Gasteiger partial charge in [0.1, 0.15) is 6.29 Å². The third-order valence-corrected chi connectivity index (χ3v) is 1.39. The molecule has 4 N–H and O–H groups in total. The minimum Gasteiger partial charge on any atom is -0.333 e. The van der Waals surface area contributed by atoms with Gasteiger partial charge in [-0.3, -0.25) is 0 Å². The van der Waals surface area contributed by atoms with Crippen molar-refractivity contribution < 1.29 is 4.79 Å². The Labute approximate surface area is 106 Å². The molecular formula is C14H28N2O. The topological polar surface area (TPSA) is 69.1 Å². The summed E-state index contributed by atoms with van der Waals surface area (Å²) in [5, 5.41) is 0. The molecule has 0 heterocycles. The molecule has 1 atom stereocenters. The largest absolute Gasteiger partial charge is 0.333 e. The molecule has 0 spiro atoms. The minimum atomic E-state index is -0.296. The Bertz CT molecular complexity index is 243. The summed E-state index contributed by atoms with van der Waals surface area (Å²) >= 11 is 0. The van der Waals surface area contributed by atoms with Crippen LogP contribution < -0.4 is 11.5 Å². The highest BCUT2D eigenvalue weighted by atomic mass is 16.1. The van der Waals surface area contributed by atoms with Crippen molar-refractivity contribution in [1.29, 1.82) is 0 Å². The molecule has 0 bridgehead atoms. The van der Waals surface area contributed by atoms with E-state index in [1.54, 1.807) is 6.92 Å². The molecular weight excluding hydrogens is 212 g/mol. The first-order valence-electron chi connectivity index (χ1n) is 5.88. The maximum atomic E-state index is 9.38. The zero-order chi connectivity index (χ0) is 14.3. The predicted molar refractivity (Wildman–Crippen MR) is 77.1 cm³/mol. The van der Waals surface area contributed by atoms with Crippen LogP contribution in [0.25, 0.3) is 0 Å². The van der Waals surface area contributed by atoms with Crippen molar-refractivity contribution >= 4 is 6.29 Å². The number of aryl methyl sites for hydroxylation is 2. The molecule has 3 nitrogen and oxygen atoms in total. The van der Waals surface area contributed by atoms with Gasteiger partial charge >= 0.3 is 0 Å². The van der Waals surface area contributed by atoms with Crippen LogP contribution in [0.2, 0.25) is 0 Å². The van der Waals surface area contributed by atoms with Crippen LogP contribution >= 0.6 is 0 Å². The van der Waals surface area contributed by atoms with Crippen LogP contribution in [0, 0.1) is 13.8 Å². The Kier molecular flexibility index (Phi) is 21.4. The van der Waals surface area contributed by atoms with Crippen LogP contribution in [0.3, 0.4) is 0 Å². The van der Waals surface area contributed by atoms with Crippen LogP contribution in [-0.4, -0.2) is 19.4 Å². The molecule has 1 aromatic carbocycles. The lowest BCUT2D eigenvalue weighted by Crippen LogP contribution is -2.15. The molecule has 0 aliphatic rings. The summed E-state index contributed by atoms with van der Waals surface area (Å²) in [7, 11) is 1.50. The van der Waals surface area contributed by atoms with Crippen LogP contribution in [0.15, 0.2) is 24.3 Å². The number of carbonyl (C=O) groups is 1. The monoisotopic (exact) mass is 240 g/mol. The SMILES string of the molecule is CC.CC(N)C=O.CN.Cc1cccc(C)c1. The van der Waals surface area contributed by atoms with Crippen LogP contribution in [0.1, 0.15) is 31.9 Å². The van der Waals surface area contributed by atoms with Crippen molar-refractivity contribution in [2.75, 3.05) is 7.05 Å². The first kappa shape index (κ1) is 21.1. The highest BCUT2D eigenvalue weighted by Crippen LogP contribution is 2.00. The summed E-state index contributed by atoms with van der Waals surface area (Å²) in [6, 6.07) is 8.15. The quantitative estimate of drug-likeness (QED) is 0.741. The molecule has 0 aliphatic carbocycles. The van der Waals surface area contributed by atoms with Gasteiger partial charge in [0, 0.05) is 0 Å². The second-order valence-electron chi connectivity index (χ2n) is 3.15. The molecule has 0 aromatic heterocycles. The van der Waals surface area contributed by atoms with Crippen molar-refractivity contribution in [2.45, 2.75) is 40.7 Å². The normalized spacial score (nSPS) is 9.18. The third-order valence-electron chi connectivity index (χ3n) is 1.39. The third kappa shape index (κ3) is 20.8. The fourth-order valence-corrected chi connectivity index (χ4v) is 0.807. The second kappa shape index (κ2) is 17.2. The van der Waals surface area contributed by atoms with Gasteiger partial charge < -0.3 is 16.3 Å². The summed E-state index contributed by atoms with van der Waals surface area (Å²) in [6.45, 7) is 9.84. The van der Waals surface area contributed by atoms with E-state index in [1.165, 1.54) is 18.2 Å². The van der Waals surface area contributed by atoms with E-state index in [9.17, 15) is 4.79 Å². The fourth-order valence-electron chi connectivity index (χ4n) is 0.807. The van der Waals surface area contributed by atoms with Crippen LogP contribution in [0.4, 0.5) is 0 Å². The first-order chi connectivity index (χ1) is 8.06. The van der Waals surface area contributed by atoms with Gasteiger partial charge in [0.05, 0.1) is 6.04 Å². The lowest BCUT2D eigenvalue weighted by Gasteiger charge is -1.90. The molecule has 0 saturated carbocycles. The number of aldehydes is 1. The zero-order valence-corrected chi connectivity index (χ0v) is 12.0. The van der Waals surface area contributed by atoms with Gasteiger partial charge in [0.25, 0.3) is 0 Å². The van der Waals surface area contributed by atoms with E-state index in [0.717, 1.165) is 0 Å². The van der Waals surface area contributed by atoms with E-state index in [0.29, 0.717) is 6.29 Å². The highest BCUT2D eigenvalue weighted by Gasteiger charge is 1.80. The zero-order valence-electron chi connectivity index (χ0n) is 12.0. The number of hydrogen-bond acceptors (Lipinski definition) is 3. The molecule has 17 heavy (non-hydrogen) atoms. The number of nitrogens with two attached hydrogens (primary N) is 2. The number of carbonyl (C=O) groups excluding carboxylic acids is 1.